The molecule has 0 amide bonds. The number of rotatable bonds is 3. The van der Waals surface area contributed by atoms with E-state index in [2.05, 4.69) is 11.8 Å². The third-order valence-corrected chi connectivity index (χ3v) is 3.85. The van der Waals surface area contributed by atoms with Crippen LogP contribution in [-0.2, 0) is 0 Å². The first kappa shape index (κ1) is 13.5. The average molecular weight is 250 g/mol. The number of nitrogens with two attached hydrogens (primary N) is 1. The largest absolute Gasteiger partial charge is 0.326 e. The van der Waals surface area contributed by atoms with Gasteiger partial charge < -0.3 is 5.73 Å². The summed E-state index contributed by atoms with van der Waals surface area (Å²) in [6, 6.07) is 5.33. The zero-order valence-corrected chi connectivity index (χ0v) is 11.3. The quantitative estimate of drug-likeness (QED) is 0.893. The molecule has 1 heterocycles. The van der Waals surface area contributed by atoms with Gasteiger partial charge in [0.15, 0.2) is 0 Å². The number of hydrogen-bond acceptors (Lipinski definition) is 2. The monoisotopic (exact) mass is 250 g/mol. The molecule has 0 radical (unpaired) electrons. The molecule has 2 unspecified atom stereocenters. The van der Waals surface area contributed by atoms with Gasteiger partial charge in [0, 0.05) is 6.04 Å². The van der Waals surface area contributed by atoms with Crippen LogP contribution in [0.1, 0.15) is 43.4 Å². The summed E-state index contributed by atoms with van der Waals surface area (Å²) in [5.74, 6) is -0.162. The number of piperidine rings is 1. The summed E-state index contributed by atoms with van der Waals surface area (Å²) in [5, 5.41) is 0. The summed E-state index contributed by atoms with van der Waals surface area (Å²) < 4.78 is 13.5. The lowest BCUT2D eigenvalue weighted by atomic mass is 9.88. The summed E-state index contributed by atoms with van der Waals surface area (Å²) in [5.41, 5.74) is 8.49. The molecule has 0 saturated carbocycles. The number of benzene rings is 1. The molecule has 0 bridgehead atoms. The van der Waals surface area contributed by atoms with Gasteiger partial charge in [-0.25, -0.2) is 4.39 Å². The van der Waals surface area contributed by atoms with Crippen molar-refractivity contribution in [2.75, 3.05) is 13.1 Å². The van der Waals surface area contributed by atoms with Crippen molar-refractivity contribution in [2.45, 2.75) is 45.2 Å². The summed E-state index contributed by atoms with van der Waals surface area (Å²) in [4.78, 5) is 2.41. The molecule has 2 N–H and O–H groups in total. The fourth-order valence-corrected chi connectivity index (χ4v) is 2.99. The first-order valence-electron chi connectivity index (χ1n) is 6.89. The van der Waals surface area contributed by atoms with Crippen molar-refractivity contribution in [3.63, 3.8) is 0 Å². The molecule has 2 rings (SSSR count). The molecule has 0 spiro atoms. The first-order valence-corrected chi connectivity index (χ1v) is 6.89. The Morgan fingerprint density at radius 3 is 2.94 bits per heavy atom. The van der Waals surface area contributed by atoms with E-state index in [0.29, 0.717) is 0 Å². The predicted octanol–water partition coefficient (Wildman–Crippen LogP) is 3.01. The van der Waals surface area contributed by atoms with Crippen LogP contribution in [-0.4, -0.2) is 24.0 Å². The smallest absolute Gasteiger partial charge is 0.123 e. The second-order valence-corrected chi connectivity index (χ2v) is 5.29. The third-order valence-electron chi connectivity index (χ3n) is 3.85. The number of hydrogen-bond donors (Lipinski definition) is 1. The van der Waals surface area contributed by atoms with Gasteiger partial charge in [0.25, 0.3) is 0 Å². The van der Waals surface area contributed by atoms with Crippen molar-refractivity contribution < 1.29 is 4.39 Å². The molecule has 1 aliphatic heterocycles. The van der Waals surface area contributed by atoms with Gasteiger partial charge in [0.05, 0.1) is 6.04 Å². The maximum Gasteiger partial charge on any atom is 0.123 e. The van der Waals surface area contributed by atoms with Crippen molar-refractivity contribution in [1.82, 2.24) is 4.90 Å². The molecular weight excluding hydrogens is 227 g/mol. The van der Waals surface area contributed by atoms with Crippen LogP contribution in [0.25, 0.3) is 0 Å². The SMILES string of the molecule is CCCN1CCCC(N)C1c1cc(F)ccc1C. The van der Waals surface area contributed by atoms with Crippen molar-refractivity contribution in [3.8, 4) is 0 Å². The number of nitrogens with zero attached hydrogens (tertiary/aromatic N) is 1. The molecule has 100 valence electrons. The third kappa shape index (κ3) is 2.73. The lowest BCUT2D eigenvalue weighted by Crippen LogP contribution is -2.46. The van der Waals surface area contributed by atoms with Gasteiger partial charge in [-0.15, -0.1) is 0 Å². The molecule has 0 aliphatic carbocycles. The van der Waals surface area contributed by atoms with Crippen LogP contribution in [0.5, 0.6) is 0 Å². The molecule has 1 saturated heterocycles. The van der Waals surface area contributed by atoms with Gasteiger partial charge >= 0.3 is 0 Å². The highest BCUT2D eigenvalue weighted by molar-refractivity contribution is 5.31. The van der Waals surface area contributed by atoms with Gasteiger partial charge in [-0.3, -0.25) is 4.90 Å². The van der Waals surface area contributed by atoms with Crippen LogP contribution >= 0.6 is 0 Å². The number of likely N-dealkylation sites (tertiary alicyclic amines) is 1. The molecule has 1 aromatic rings. The highest BCUT2D eigenvalue weighted by Gasteiger charge is 2.30. The highest BCUT2D eigenvalue weighted by Crippen LogP contribution is 2.32. The molecule has 3 heteroatoms. The summed E-state index contributed by atoms with van der Waals surface area (Å²) in [6.07, 6.45) is 3.28. The van der Waals surface area contributed by atoms with E-state index in [1.807, 2.05) is 13.0 Å². The lowest BCUT2D eigenvalue weighted by molar-refractivity contribution is 0.128. The van der Waals surface area contributed by atoms with Crippen LogP contribution in [0.15, 0.2) is 18.2 Å². The number of aryl methyl sites for hydroxylation is 1. The van der Waals surface area contributed by atoms with E-state index in [4.69, 9.17) is 5.73 Å². The van der Waals surface area contributed by atoms with Gasteiger partial charge in [-0.1, -0.05) is 13.0 Å². The van der Waals surface area contributed by atoms with E-state index in [1.54, 1.807) is 6.07 Å². The Morgan fingerprint density at radius 2 is 2.22 bits per heavy atom. The minimum absolute atomic E-state index is 0.116. The normalized spacial score (nSPS) is 25.3. The zero-order chi connectivity index (χ0) is 13.1. The first-order chi connectivity index (χ1) is 8.63. The molecule has 2 nitrogen and oxygen atoms in total. The molecular formula is C15H23FN2. The minimum Gasteiger partial charge on any atom is -0.326 e. The molecule has 1 aromatic carbocycles. The van der Waals surface area contributed by atoms with Crippen molar-refractivity contribution in [3.05, 3.63) is 35.1 Å². The van der Waals surface area contributed by atoms with Crippen molar-refractivity contribution in [2.24, 2.45) is 5.73 Å². The van der Waals surface area contributed by atoms with Gasteiger partial charge in [-0.2, -0.15) is 0 Å². The zero-order valence-electron chi connectivity index (χ0n) is 11.3. The van der Waals surface area contributed by atoms with E-state index < -0.39 is 0 Å². The van der Waals surface area contributed by atoms with E-state index in [-0.39, 0.29) is 17.9 Å². The van der Waals surface area contributed by atoms with Gasteiger partial charge in [0.1, 0.15) is 5.82 Å². The van der Waals surface area contributed by atoms with Crippen LogP contribution in [0.3, 0.4) is 0 Å². The predicted molar refractivity (Wildman–Crippen MR) is 73.0 cm³/mol. The Morgan fingerprint density at radius 1 is 1.44 bits per heavy atom. The highest BCUT2D eigenvalue weighted by atomic mass is 19.1. The van der Waals surface area contributed by atoms with Gasteiger partial charge in [0.2, 0.25) is 0 Å². The Hall–Kier alpha value is -0.930. The summed E-state index contributed by atoms with van der Waals surface area (Å²) in [6.45, 7) is 6.33. The maximum absolute atomic E-state index is 13.5. The molecule has 1 aliphatic rings. The standard InChI is InChI=1S/C15H23FN2/c1-3-8-18-9-4-5-14(17)15(18)13-10-12(16)7-6-11(13)2/h6-7,10,14-15H,3-5,8-9,17H2,1-2H3. The fraction of sp³-hybridized carbons (Fsp3) is 0.600. The summed E-state index contributed by atoms with van der Waals surface area (Å²) >= 11 is 0. The molecule has 1 fully saturated rings. The van der Waals surface area contributed by atoms with Crippen LogP contribution < -0.4 is 5.73 Å². The fourth-order valence-electron chi connectivity index (χ4n) is 2.99. The van der Waals surface area contributed by atoms with Crippen LogP contribution in [0.2, 0.25) is 0 Å². The molecule has 18 heavy (non-hydrogen) atoms. The van der Waals surface area contributed by atoms with E-state index in [9.17, 15) is 4.39 Å². The second kappa shape index (κ2) is 5.81. The minimum atomic E-state index is -0.162. The Balaban J connectivity index is 2.33. The average Bonchev–Trinajstić information content (AvgIpc) is 2.34. The van der Waals surface area contributed by atoms with E-state index in [0.717, 1.165) is 43.5 Å². The van der Waals surface area contributed by atoms with Gasteiger partial charge in [-0.05, 0) is 62.5 Å². The van der Waals surface area contributed by atoms with Crippen molar-refractivity contribution in [1.29, 1.82) is 0 Å². The Labute approximate surface area is 109 Å². The summed E-state index contributed by atoms with van der Waals surface area (Å²) in [7, 11) is 0. The lowest BCUT2D eigenvalue weighted by Gasteiger charge is -2.40. The molecule has 0 aromatic heterocycles. The van der Waals surface area contributed by atoms with Crippen molar-refractivity contribution >= 4 is 0 Å². The van der Waals surface area contributed by atoms with E-state index in [1.165, 1.54) is 6.07 Å². The van der Waals surface area contributed by atoms with E-state index >= 15 is 0 Å². The molecule has 2 atom stereocenters. The second-order valence-electron chi connectivity index (χ2n) is 5.29. The van der Waals surface area contributed by atoms with Crippen LogP contribution in [0.4, 0.5) is 4.39 Å². The maximum atomic E-state index is 13.5. The number of halogens is 1. The topological polar surface area (TPSA) is 29.3 Å². The Kier molecular flexibility index (Phi) is 4.36. The Bertz CT molecular complexity index is 403. The van der Waals surface area contributed by atoms with Crippen LogP contribution in [0, 0.1) is 12.7 Å².